The van der Waals surface area contributed by atoms with Crippen molar-refractivity contribution in [1.29, 1.82) is 5.26 Å². The van der Waals surface area contributed by atoms with Gasteiger partial charge in [0.25, 0.3) is 0 Å². The van der Waals surface area contributed by atoms with Gasteiger partial charge in [-0.1, -0.05) is 18.2 Å². The number of carbonyl (C=O) groups excluding carboxylic acids is 1. The number of nitrogens with zero attached hydrogens (tertiary/aromatic N) is 6. The van der Waals surface area contributed by atoms with Crippen LogP contribution in [0.5, 0.6) is 0 Å². The minimum atomic E-state index is -0.390. The van der Waals surface area contributed by atoms with E-state index in [4.69, 9.17) is 9.90 Å². The highest BCUT2D eigenvalue weighted by Gasteiger charge is 2.33. The van der Waals surface area contributed by atoms with Crippen LogP contribution in [0.4, 0.5) is 4.39 Å². The SMILES string of the molecule is CN1C2CCCC1CC2.Cc1[nH]ncc1-c1cc(Sc2ccc(F)cn2)c2c(C#N)cnn2c1.O=CCO. The van der Waals surface area contributed by atoms with Crippen molar-refractivity contribution < 1.29 is 14.3 Å². The smallest absolute Gasteiger partial charge is 0.145 e. The molecule has 0 aromatic carbocycles. The molecule has 6 rings (SSSR count). The van der Waals surface area contributed by atoms with E-state index < -0.39 is 0 Å². The first-order chi connectivity index (χ1) is 18.4. The predicted octanol–water partition coefficient (Wildman–Crippen LogP) is 4.40. The summed E-state index contributed by atoms with van der Waals surface area (Å²) in [4.78, 5) is 16.4. The lowest BCUT2D eigenvalue weighted by atomic mass is 10.0. The maximum absolute atomic E-state index is 13.1. The van der Waals surface area contributed by atoms with Crippen LogP contribution in [0.15, 0.2) is 52.9 Å². The zero-order valence-electron chi connectivity index (χ0n) is 21.3. The molecule has 9 nitrogen and oxygen atoms in total. The summed E-state index contributed by atoms with van der Waals surface area (Å²) in [7, 11) is 2.29. The molecular weight excluding hydrogens is 505 g/mol. The van der Waals surface area contributed by atoms with Crippen LogP contribution < -0.4 is 0 Å². The monoisotopic (exact) mass is 535 g/mol. The van der Waals surface area contributed by atoms with E-state index in [1.165, 1.54) is 62.3 Å². The van der Waals surface area contributed by atoms with Gasteiger partial charge in [-0.25, -0.2) is 13.9 Å². The molecule has 4 aromatic rings. The van der Waals surface area contributed by atoms with Gasteiger partial charge in [-0.2, -0.15) is 15.5 Å². The number of nitriles is 1. The number of hydrogen-bond donors (Lipinski definition) is 2. The molecule has 2 aliphatic heterocycles. The van der Waals surface area contributed by atoms with E-state index in [9.17, 15) is 9.65 Å². The van der Waals surface area contributed by atoms with Gasteiger partial charge >= 0.3 is 0 Å². The second-order valence-electron chi connectivity index (χ2n) is 9.21. The number of fused-ring (bicyclic) bond motifs is 3. The van der Waals surface area contributed by atoms with Gasteiger partial charge in [-0.05, 0) is 57.9 Å². The molecule has 2 aliphatic rings. The van der Waals surface area contributed by atoms with E-state index >= 15 is 0 Å². The van der Waals surface area contributed by atoms with Gasteiger partial charge in [0.2, 0.25) is 0 Å². The number of aromatic nitrogens is 5. The Morgan fingerprint density at radius 3 is 2.53 bits per heavy atom. The Labute approximate surface area is 224 Å². The summed E-state index contributed by atoms with van der Waals surface area (Å²) in [6, 6.07) is 9.01. The van der Waals surface area contributed by atoms with Crippen LogP contribution in [-0.4, -0.2) is 66.8 Å². The van der Waals surface area contributed by atoms with Gasteiger partial charge in [-0.15, -0.1) is 0 Å². The van der Waals surface area contributed by atoms with Crippen LogP contribution in [0.2, 0.25) is 0 Å². The fourth-order valence-corrected chi connectivity index (χ4v) is 5.90. The van der Waals surface area contributed by atoms with E-state index in [0.717, 1.165) is 33.8 Å². The summed E-state index contributed by atoms with van der Waals surface area (Å²) in [6.07, 6.45) is 14.1. The average Bonchev–Trinajstić information content (AvgIpc) is 3.59. The fraction of sp³-hybridized carbons (Fsp3) is 0.370. The first kappa shape index (κ1) is 27.4. The topological polar surface area (TPSA) is 123 Å². The molecule has 0 aliphatic carbocycles. The van der Waals surface area contributed by atoms with Crippen molar-refractivity contribution in [2.45, 2.75) is 61.0 Å². The lowest BCUT2D eigenvalue weighted by Crippen LogP contribution is -2.35. The average molecular weight is 536 g/mol. The van der Waals surface area contributed by atoms with Crippen molar-refractivity contribution in [2.75, 3.05) is 13.7 Å². The van der Waals surface area contributed by atoms with Crippen LogP contribution >= 0.6 is 11.8 Å². The van der Waals surface area contributed by atoms with E-state index in [1.54, 1.807) is 16.8 Å². The van der Waals surface area contributed by atoms with Crippen LogP contribution in [-0.2, 0) is 4.79 Å². The Kier molecular flexibility index (Phi) is 9.23. The Bertz CT molecular complexity index is 1400. The quantitative estimate of drug-likeness (QED) is 0.369. The van der Waals surface area contributed by atoms with Gasteiger partial charge in [-0.3, -0.25) is 5.10 Å². The van der Waals surface area contributed by atoms with E-state index in [0.29, 0.717) is 22.4 Å². The molecule has 38 heavy (non-hydrogen) atoms. The number of rotatable bonds is 4. The summed E-state index contributed by atoms with van der Waals surface area (Å²) in [5.41, 5.74) is 3.97. The molecule has 2 saturated heterocycles. The Balaban J connectivity index is 0.000000212. The third-order valence-electron chi connectivity index (χ3n) is 6.89. The van der Waals surface area contributed by atoms with Gasteiger partial charge in [0.15, 0.2) is 0 Å². The van der Waals surface area contributed by atoms with Crippen molar-refractivity contribution >= 4 is 23.6 Å². The highest BCUT2D eigenvalue weighted by molar-refractivity contribution is 7.99. The molecule has 11 heteroatoms. The lowest BCUT2D eigenvalue weighted by Gasteiger charge is -2.30. The third-order valence-corrected chi connectivity index (χ3v) is 7.87. The molecule has 0 spiro atoms. The van der Waals surface area contributed by atoms with Crippen LogP contribution in [0, 0.1) is 24.1 Å². The summed E-state index contributed by atoms with van der Waals surface area (Å²) >= 11 is 1.36. The molecule has 2 unspecified atom stereocenters. The number of aromatic amines is 1. The van der Waals surface area contributed by atoms with E-state index in [2.05, 4.69) is 38.3 Å². The Hall–Kier alpha value is -3.59. The molecule has 2 N–H and O–H groups in total. The lowest BCUT2D eigenvalue weighted by molar-refractivity contribution is -0.110. The number of halogens is 1. The van der Waals surface area contributed by atoms with E-state index in [1.807, 2.05) is 19.2 Å². The first-order valence-corrected chi connectivity index (χ1v) is 13.2. The third kappa shape index (κ3) is 6.27. The number of aldehydes is 1. The molecular formula is C27H30FN7O2S. The van der Waals surface area contributed by atoms with Crippen LogP contribution in [0.25, 0.3) is 16.6 Å². The number of hydrogen-bond acceptors (Lipinski definition) is 8. The number of piperidine rings is 1. The number of pyridine rings is 2. The van der Waals surface area contributed by atoms with Crippen molar-refractivity contribution in [3.63, 3.8) is 0 Å². The normalized spacial score (nSPS) is 18.2. The molecule has 0 radical (unpaired) electrons. The summed E-state index contributed by atoms with van der Waals surface area (Å²) in [6.45, 7) is 1.57. The van der Waals surface area contributed by atoms with Crippen molar-refractivity contribution in [1.82, 2.24) is 29.7 Å². The molecule has 198 valence electrons. The summed E-state index contributed by atoms with van der Waals surface area (Å²) in [5, 5.41) is 28.7. The fourth-order valence-electron chi connectivity index (χ4n) is 4.94. The molecule has 2 atom stereocenters. The van der Waals surface area contributed by atoms with Gasteiger partial charge < -0.3 is 14.8 Å². The van der Waals surface area contributed by atoms with Crippen LogP contribution in [0.3, 0.4) is 0 Å². The second kappa shape index (κ2) is 12.8. The Morgan fingerprint density at radius 1 is 1.24 bits per heavy atom. The standard InChI is InChI=1S/C17H11FN6S.C8H15N.C2H4O2/c1-10-14(8-21-23-10)11-4-15(25-16-3-2-13(18)7-20-16)17-12(5-19)6-22-24(17)9-11;1-9-7-3-2-4-8(9)6-5-7;3-1-2-4/h2-4,6-9H,1H3,(H,21,23);7-8H,2-6H2,1H3;1,4H,2H2. The minimum Gasteiger partial charge on any atom is -0.389 e. The van der Waals surface area contributed by atoms with Crippen molar-refractivity contribution in [3.8, 4) is 17.2 Å². The molecule has 2 bridgehead atoms. The highest BCUT2D eigenvalue weighted by Crippen LogP contribution is 2.35. The largest absolute Gasteiger partial charge is 0.389 e. The van der Waals surface area contributed by atoms with Gasteiger partial charge in [0.05, 0.1) is 36.3 Å². The van der Waals surface area contributed by atoms with Crippen molar-refractivity contribution in [3.05, 3.63) is 60.1 Å². The zero-order valence-corrected chi connectivity index (χ0v) is 22.2. The number of aryl methyl sites for hydroxylation is 1. The number of aliphatic hydroxyl groups excluding tert-OH is 1. The summed E-state index contributed by atoms with van der Waals surface area (Å²) in [5.74, 6) is -0.390. The number of carbonyl (C=O) groups is 1. The molecule has 4 aromatic heterocycles. The Morgan fingerprint density at radius 2 is 1.97 bits per heavy atom. The summed E-state index contributed by atoms with van der Waals surface area (Å²) < 4.78 is 14.8. The number of nitrogens with one attached hydrogen (secondary N) is 1. The van der Waals surface area contributed by atoms with Crippen LogP contribution in [0.1, 0.15) is 43.4 Å². The maximum Gasteiger partial charge on any atom is 0.145 e. The van der Waals surface area contributed by atoms with Gasteiger partial charge in [0.1, 0.15) is 23.2 Å². The van der Waals surface area contributed by atoms with Crippen molar-refractivity contribution in [2.24, 2.45) is 0 Å². The second-order valence-corrected chi connectivity index (χ2v) is 10.3. The molecule has 0 amide bonds. The van der Waals surface area contributed by atoms with Gasteiger partial charge in [0, 0.05) is 40.0 Å². The predicted molar refractivity (Wildman–Crippen MR) is 142 cm³/mol. The molecule has 6 heterocycles. The first-order valence-electron chi connectivity index (χ1n) is 12.4. The van der Waals surface area contributed by atoms with E-state index in [-0.39, 0.29) is 12.4 Å². The minimum absolute atomic E-state index is 0.361. The number of aliphatic hydroxyl groups is 1. The zero-order chi connectivity index (χ0) is 27.1. The maximum atomic E-state index is 13.1. The molecule has 0 saturated carbocycles. The molecule has 2 fully saturated rings. The number of H-pyrrole nitrogens is 1. The highest BCUT2D eigenvalue weighted by atomic mass is 32.2.